The molecule has 3 rings (SSSR count). The van der Waals surface area contributed by atoms with Crippen LogP contribution in [0.2, 0.25) is 0 Å². The van der Waals surface area contributed by atoms with E-state index < -0.39 is 0 Å². The van der Waals surface area contributed by atoms with Gasteiger partial charge in [-0.05, 0) is 65.7 Å². The summed E-state index contributed by atoms with van der Waals surface area (Å²) in [6.45, 7) is 3.96. The molecule has 7 nitrogen and oxygen atoms in total. The summed E-state index contributed by atoms with van der Waals surface area (Å²) < 4.78 is 6.74. The zero-order valence-corrected chi connectivity index (χ0v) is 15.6. The summed E-state index contributed by atoms with van der Waals surface area (Å²) >= 11 is 1.28. The molecule has 0 aliphatic rings. The van der Waals surface area contributed by atoms with Crippen molar-refractivity contribution in [3.05, 3.63) is 53.6 Å². The fourth-order valence-electron chi connectivity index (χ4n) is 2.34. The lowest BCUT2D eigenvalue weighted by molar-refractivity contribution is -0.113. The van der Waals surface area contributed by atoms with E-state index in [4.69, 9.17) is 4.74 Å². The molecule has 0 spiro atoms. The smallest absolute Gasteiger partial charge is 0.234 e. The number of anilines is 1. The van der Waals surface area contributed by atoms with Crippen molar-refractivity contribution in [3.63, 3.8) is 0 Å². The van der Waals surface area contributed by atoms with Crippen molar-refractivity contribution >= 4 is 23.4 Å². The number of ether oxygens (including phenoxy) is 1. The summed E-state index contributed by atoms with van der Waals surface area (Å²) in [6.07, 6.45) is 0. The average Bonchev–Trinajstić information content (AvgIpc) is 3.12. The predicted octanol–water partition coefficient (Wildman–Crippen LogP) is 3.02. The van der Waals surface area contributed by atoms with E-state index in [2.05, 4.69) is 20.8 Å². The van der Waals surface area contributed by atoms with E-state index in [-0.39, 0.29) is 11.7 Å². The van der Waals surface area contributed by atoms with Gasteiger partial charge in [-0.15, -0.1) is 5.10 Å². The number of hydrogen-bond acceptors (Lipinski definition) is 6. The van der Waals surface area contributed by atoms with Crippen molar-refractivity contribution in [3.8, 4) is 11.4 Å². The molecule has 0 atom stereocenters. The Morgan fingerprint density at radius 2 is 1.96 bits per heavy atom. The highest BCUT2D eigenvalue weighted by Crippen LogP contribution is 2.21. The standard InChI is InChI=1S/C18H19N5O2S/c1-12-4-5-13(2)16(10-12)19-17(24)11-26-18-20-21-22-23(18)14-6-8-15(25-3)9-7-14/h4-10H,11H2,1-3H3,(H,19,24). The number of thioether (sulfide) groups is 1. The number of carbonyl (C=O) groups is 1. The van der Waals surface area contributed by atoms with Gasteiger partial charge in [0.2, 0.25) is 11.1 Å². The van der Waals surface area contributed by atoms with Gasteiger partial charge in [-0.1, -0.05) is 23.9 Å². The van der Waals surface area contributed by atoms with Gasteiger partial charge in [0.05, 0.1) is 18.6 Å². The third-order valence-corrected chi connectivity index (χ3v) is 4.68. The monoisotopic (exact) mass is 369 g/mol. The molecule has 0 radical (unpaired) electrons. The van der Waals surface area contributed by atoms with Crippen molar-refractivity contribution in [2.75, 3.05) is 18.2 Å². The molecule has 1 aromatic heterocycles. The van der Waals surface area contributed by atoms with Crippen LogP contribution < -0.4 is 10.1 Å². The predicted molar refractivity (Wildman–Crippen MR) is 101 cm³/mol. The van der Waals surface area contributed by atoms with Crippen molar-refractivity contribution in [1.82, 2.24) is 20.2 Å². The minimum Gasteiger partial charge on any atom is -0.497 e. The van der Waals surface area contributed by atoms with Crippen LogP contribution in [0.5, 0.6) is 5.75 Å². The summed E-state index contributed by atoms with van der Waals surface area (Å²) in [5.41, 5.74) is 3.75. The molecular weight excluding hydrogens is 350 g/mol. The van der Waals surface area contributed by atoms with E-state index in [9.17, 15) is 4.79 Å². The maximum Gasteiger partial charge on any atom is 0.234 e. The second-order valence-electron chi connectivity index (χ2n) is 5.73. The van der Waals surface area contributed by atoms with E-state index in [1.165, 1.54) is 11.8 Å². The molecule has 0 aliphatic carbocycles. The summed E-state index contributed by atoms with van der Waals surface area (Å²) in [5.74, 6) is 0.862. The number of benzene rings is 2. The number of aromatic nitrogens is 4. The summed E-state index contributed by atoms with van der Waals surface area (Å²) in [5, 5.41) is 15.2. The summed E-state index contributed by atoms with van der Waals surface area (Å²) in [6, 6.07) is 13.3. The van der Waals surface area contributed by atoms with Crippen molar-refractivity contribution in [2.24, 2.45) is 0 Å². The Hall–Kier alpha value is -2.87. The second-order valence-corrected chi connectivity index (χ2v) is 6.67. The number of nitrogens with zero attached hydrogens (tertiary/aromatic N) is 4. The maximum absolute atomic E-state index is 12.3. The van der Waals surface area contributed by atoms with E-state index in [1.54, 1.807) is 11.8 Å². The molecule has 0 saturated heterocycles. The topological polar surface area (TPSA) is 81.9 Å². The lowest BCUT2D eigenvalue weighted by atomic mass is 10.1. The summed E-state index contributed by atoms with van der Waals surface area (Å²) in [7, 11) is 1.61. The Labute approximate surface area is 155 Å². The van der Waals surface area contributed by atoms with Crippen molar-refractivity contribution < 1.29 is 9.53 Å². The van der Waals surface area contributed by atoms with Crippen molar-refractivity contribution in [1.29, 1.82) is 0 Å². The normalized spacial score (nSPS) is 10.6. The number of tetrazole rings is 1. The van der Waals surface area contributed by atoms with Gasteiger partial charge in [-0.2, -0.15) is 4.68 Å². The van der Waals surface area contributed by atoms with Gasteiger partial charge >= 0.3 is 0 Å². The Kier molecular flexibility index (Phi) is 5.52. The van der Waals surface area contributed by atoms with Gasteiger partial charge in [-0.3, -0.25) is 4.79 Å². The first-order valence-electron chi connectivity index (χ1n) is 7.99. The fraction of sp³-hybridized carbons (Fsp3) is 0.222. The zero-order valence-electron chi connectivity index (χ0n) is 14.8. The largest absolute Gasteiger partial charge is 0.497 e. The van der Waals surface area contributed by atoms with Crippen LogP contribution in [0.15, 0.2) is 47.6 Å². The highest BCUT2D eigenvalue weighted by atomic mass is 32.2. The highest BCUT2D eigenvalue weighted by Gasteiger charge is 2.12. The third kappa shape index (κ3) is 4.20. The Bertz CT molecular complexity index is 908. The second kappa shape index (κ2) is 8.01. The van der Waals surface area contributed by atoms with Crippen LogP contribution in [0, 0.1) is 13.8 Å². The van der Waals surface area contributed by atoms with Crippen LogP contribution >= 0.6 is 11.8 Å². The lowest BCUT2D eigenvalue weighted by Gasteiger charge is -2.09. The maximum atomic E-state index is 12.3. The van der Waals surface area contributed by atoms with E-state index >= 15 is 0 Å². The van der Waals surface area contributed by atoms with Gasteiger partial charge in [0.25, 0.3) is 0 Å². The van der Waals surface area contributed by atoms with Crippen LogP contribution in [0.25, 0.3) is 5.69 Å². The minimum absolute atomic E-state index is 0.104. The Morgan fingerprint density at radius 1 is 1.19 bits per heavy atom. The average molecular weight is 369 g/mol. The summed E-state index contributed by atoms with van der Waals surface area (Å²) in [4.78, 5) is 12.3. The molecule has 1 heterocycles. The van der Waals surface area contributed by atoms with E-state index in [0.29, 0.717) is 5.16 Å². The molecule has 0 fully saturated rings. The molecule has 8 heteroatoms. The molecule has 26 heavy (non-hydrogen) atoms. The van der Waals surface area contributed by atoms with Crippen LogP contribution in [0.1, 0.15) is 11.1 Å². The van der Waals surface area contributed by atoms with E-state index in [1.807, 2.05) is 56.3 Å². The first-order chi connectivity index (χ1) is 12.6. The highest BCUT2D eigenvalue weighted by molar-refractivity contribution is 7.99. The molecule has 0 saturated carbocycles. The van der Waals surface area contributed by atoms with Crippen molar-refractivity contribution in [2.45, 2.75) is 19.0 Å². The molecule has 2 aromatic carbocycles. The molecule has 1 amide bonds. The molecular formula is C18H19N5O2S. The first kappa shape index (κ1) is 17.9. The fourth-order valence-corrected chi connectivity index (χ4v) is 3.03. The zero-order chi connectivity index (χ0) is 18.5. The van der Waals surface area contributed by atoms with Gasteiger partial charge in [0, 0.05) is 5.69 Å². The van der Waals surface area contributed by atoms with Crippen LogP contribution in [0.3, 0.4) is 0 Å². The lowest BCUT2D eigenvalue weighted by Crippen LogP contribution is -2.15. The van der Waals surface area contributed by atoms with Gasteiger partial charge in [-0.25, -0.2) is 0 Å². The quantitative estimate of drug-likeness (QED) is 0.673. The first-order valence-corrected chi connectivity index (χ1v) is 8.98. The number of aryl methyl sites for hydroxylation is 2. The number of methoxy groups -OCH3 is 1. The van der Waals surface area contributed by atoms with Gasteiger partial charge < -0.3 is 10.1 Å². The van der Waals surface area contributed by atoms with E-state index in [0.717, 1.165) is 28.3 Å². The van der Waals surface area contributed by atoms with Gasteiger partial charge in [0.15, 0.2) is 0 Å². The molecule has 0 bridgehead atoms. The number of hydrogen-bond donors (Lipinski definition) is 1. The Morgan fingerprint density at radius 3 is 2.69 bits per heavy atom. The molecule has 3 aromatic rings. The molecule has 0 aliphatic heterocycles. The molecule has 1 N–H and O–H groups in total. The number of amides is 1. The number of carbonyl (C=O) groups excluding carboxylic acids is 1. The van der Waals surface area contributed by atoms with Crippen LogP contribution in [0.4, 0.5) is 5.69 Å². The SMILES string of the molecule is COc1ccc(-n2nnnc2SCC(=O)Nc2cc(C)ccc2C)cc1. The number of rotatable bonds is 6. The minimum atomic E-state index is -0.104. The van der Waals surface area contributed by atoms with Gasteiger partial charge in [0.1, 0.15) is 5.75 Å². The number of nitrogens with one attached hydrogen (secondary N) is 1. The molecule has 134 valence electrons. The third-order valence-electron chi connectivity index (χ3n) is 3.76. The van der Waals surface area contributed by atoms with Crippen LogP contribution in [-0.4, -0.2) is 39.0 Å². The Balaban J connectivity index is 1.66. The van der Waals surface area contributed by atoms with Crippen LogP contribution in [-0.2, 0) is 4.79 Å². The molecule has 0 unspecified atom stereocenters.